The lowest BCUT2D eigenvalue weighted by Gasteiger charge is -2.26. The highest BCUT2D eigenvalue weighted by molar-refractivity contribution is 6.00. The summed E-state index contributed by atoms with van der Waals surface area (Å²) in [6.45, 7) is 4.65. The van der Waals surface area contributed by atoms with Crippen LogP contribution in [0.5, 0.6) is 0 Å². The predicted octanol–water partition coefficient (Wildman–Crippen LogP) is 4.06. The smallest absolute Gasteiger partial charge is 0.416 e. The molecule has 1 aromatic rings. The fraction of sp³-hybridized carbons (Fsp3) is 0.444. The van der Waals surface area contributed by atoms with E-state index >= 15 is 0 Å². The minimum absolute atomic E-state index is 0.0323. The molecule has 2 rings (SSSR count). The summed E-state index contributed by atoms with van der Waals surface area (Å²) in [4.78, 5) is 24.8. The lowest BCUT2D eigenvalue weighted by Crippen LogP contribution is -2.26. The second-order valence-electron chi connectivity index (χ2n) is 6.26. The Balaban J connectivity index is 2.30. The molecule has 5 nitrogen and oxygen atoms in total. The number of halogens is 3. The Kier molecular flexibility index (Phi) is 6.28. The Bertz CT molecular complexity index is 693. The van der Waals surface area contributed by atoms with Gasteiger partial charge in [0.15, 0.2) is 0 Å². The molecule has 1 aromatic carbocycles. The lowest BCUT2D eigenvalue weighted by atomic mass is 10.1. The molecule has 1 aliphatic rings. The quantitative estimate of drug-likeness (QED) is 0.767. The summed E-state index contributed by atoms with van der Waals surface area (Å²) in [5, 5.41) is 11.2. The fourth-order valence-corrected chi connectivity index (χ4v) is 2.86. The largest absolute Gasteiger partial charge is 0.478 e. The van der Waals surface area contributed by atoms with Gasteiger partial charge in [0.2, 0.25) is 5.91 Å². The standard InChI is InChI=1S/C18H21F3N2O3/c1-12(17(25)26)10-16(24)22-14-11-13(18(19,20)21)6-7-15(14)23-8-4-2-3-5-9-23/h6-7,11H,1-5,8-10H2,(H,22,24)(H,25,26). The maximum Gasteiger partial charge on any atom is 0.416 e. The number of hydrogen-bond acceptors (Lipinski definition) is 3. The fourth-order valence-electron chi connectivity index (χ4n) is 2.86. The highest BCUT2D eigenvalue weighted by Gasteiger charge is 2.31. The Morgan fingerprint density at radius 3 is 2.31 bits per heavy atom. The van der Waals surface area contributed by atoms with Gasteiger partial charge in [-0.15, -0.1) is 0 Å². The molecule has 26 heavy (non-hydrogen) atoms. The van der Waals surface area contributed by atoms with Gasteiger partial charge in [-0.1, -0.05) is 19.4 Å². The first-order valence-electron chi connectivity index (χ1n) is 8.35. The Hall–Kier alpha value is -2.51. The van der Waals surface area contributed by atoms with Gasteiger partial charge < -0.3 is 15.3 Å². The third-order valence-corrected chi connectivity index (χ3v) is 4.22. The van der Waals surface area contributed by atoms with Gasteiger partial charge in [-0.2, -0.15) is 13.2 Å². The molecule has 1 amide bonds. The van der Waals surface area contributed by atoms with Crippen LogP contribution in [0, 0.1) is 0 Å². The zero-order valence-corrected chi connectivity index (χ0v) is 14.2. The predicted molar refractivity (Wildman–Crippen MR) is 92.1 cm³/mol. The van der Waals surface area contributed by atoms with E-state index in [4.69, 9.17) is 5.11 Å². The average Bonchev–Trinajstić information content (AvgIpc) is 2.82. The number of hydrogen-bond donors (Lipinski definition) is 2. The molecule has 0 aromatic heterocycles. The summed E-state index contributed by atoms with van der Waals surface area (Å²) in [6.07, 6.45) is -1.09. The Morgan fingerprint density at radius 2 is 1.77 bits per heavy atom. The van der Waals surface area contributed by atoms with Crippen molar-refractivity contribution >= 4 is 23.3 Å². The van der Waals surface area contributed by atoms with E-state index in [2.05, 4.69) is 11.9 Å². The monoisotopic (exact) mass is 370 g/mol. The summed E-state index contributed by atoms with van der Waals surface area (Å²) in [7, 11) is 0. The highest BCUT2D eigenvalue weighted by Crippen LogP contribution is 2.36. The van der Waals surface area contributed by atoms with E-state index in [1.54, 1.807) is 0 Å². The van der Waals surface area contributed by atoms with Crippen LogP contribution >= 0.6 is 0 Å². The van der Waals surface area contributed by atoms with Crippen molar-refractivity contribution in [1.82, 2.24) is 0 Å². The van der Waals surface area contributed by atoms with Crippen molar-refractivity contribution < 1.29 is 27.9 Å². The van der Waals surface area contributed by atoms with E-state index < -0.39 is 30.0 Å². The van der Waals surface area contributed by atoms with Gasteiger partial charge in [-0.25, -0.2) is 4.79 Å². The van der Waals surface area contributed by atoms with Gasteiger partial charge in [-0.3, -0.25) is 4.79 Å². The van der Waals surface area contributed by atoms with Crippen molar-refractivity contribution in [1.29, 1.82) is 0 Å². The molecule has 0 spiro atoms. The first-order chi connectivity index (χ1) is 12.2. The third kappa shape index (κ3) is 5.24. The van der Waals surface area contributed by atoms with Crippen LogP contribution in [0.1, 0.15) is 37.7 Å². The molecule has 0 unspecified atom stereocenters. The molecule has 0 bridgehead atoms. The molecule has 1 fully saturated rings. The molecule has 0 aliphatic carbocycles. The van der Waals surface area contributed by atoms with Crippen LogP contribution in [0.4, 0.5) is 24.5 Å². The number of alkyl halides is 3. The van der Waals surface area contributed by atoms with E-state index in [-0.39, 0.29) is 11.3 Å². The Labute approximate surface area is 149 Å². The van der Waals surface area contributed by atoms with Crippen molar-refractivity contribution in [3.8, 4) is 0 Å². The third-order valence-electron chi connectivity index (χ3n) is 4.22. The molecule has 1 aliphatic heterocycles. The summed E-state index contributed by atoms with van der Waals surface area (Å²) < 4.78 is 39.1. The highest BCUT2D eigenvalue weighted by atomic mass is 19.4. The number of nitrogens with zero attached hydrogens (tertiary/aromatic N) is 1. The number of amides is 1. The van der Waals surface area contributed by atoms with E-state index in [1.165, 1.54) is 6.07 Å². The summed E-state index contributed by atoms with van der Waals surface area (Å²) in [5.74, 6) is -2.04. The SMILES string of the molecule is C=C(CC(=O)Nc1cc(C(F)(F)F)ccc1N1CCCCCC1)C(=O)O. The molecule has 0 radical (unpaired) electrons. The summed E-state index contributed by atoms with van der Waals surface area (Å²) in [6, 6.07) is 3.24. The van der Waals surface area contributed by atoms with Gasteiger partial charge in [-0.05, 0) is 31.0 Å². The maximum absolute atomic E-state index is 13.0. The van der Waals surface area contributed by atoms with Crippen molar-refractivity contribution in [2.75, 3.05) is 23.3 Å². The van der Waals surface area contributed by atoms with Gasteiger partial charge in [0.1, 0.15) is 0 Å². The van der Waals surface area contributed by atoms with Crippen molar-refractivity contribution in [3.63, 3.8) is 0 Å². The lowest BCUT2D eigenvalue weighted by molar-refractivity contribution is -0.137. The van der Waals surface area contributed by atoms with Crippen LogP contribution in [0.25, 0.3) is 0 Å². The second-order valence-corrected chi connectivity index (χ2v) is 6.26. The minimum Gasteiger partial charge on any atom is -0.478 e. The zero-order valence-electron chi connectivity index (χ0n) is 14.2. The number of carboxylic acid groups (broad SMARTS) is 1. The second kappa shape index (κ2) is 8.25. The molecule has 0 saturated carbocycles. The number of carbonyl (C=O) groups excluding carboxylic acids is 1. The molecule has 8 heteroatoms. The number of carbonyl (C=O) groups is 2. The normalized spacial score (nSPS) is 15.3. The first-order valence-corrected chi connectivity index (χ1v) is 8.35. The topological polar surface area (TPSA) is 69.6 Å². The van der Waals surface area contributed by atoms with Crippen LogP contribution in [-0.2, 0) is 15.8 Å². The molecule has 142 valence electrons. The van der Waals surface area contributed by atoms with Crippen molar-refractivity contribution in [2.24, 2.45) is 0 Å². The first kappa shape index (κ1) is 19.8. The average molecular weight is 370 g/mol. The molecule has 2 N–H and O–H groups in total. The van der Waals surface area contributed by atoms with Crippen molar-refractivity contribution in [3.05, 3.63) is 35.9 Å². The Morgan fingerprint density at radius 1 is 1.15 bits per heavy atom. The van der Waals surface area contributed by atoms with E-state index in [9.17, 15) is 22.8 Å². The van der Waals surface area contributed by atoms with Gasteiger partial charge >= 0.3 is 12.1 Å². The van der Waals surface area contributed by atoms with E-state index in [0.717, 1.165) is 37.8 Å². The number of benzene rings is 1. The van der Waals surface area contributed by atoms with E-state index in [1.807, 2.05) is 4.90 Å². The van der Waals surface area contributed by atoms with Crippen LogP contribution in [0.3, 0.4) is 0 Å². The van der Waals surface area contributed by atoms with Gasteiger partial charge in [0.05, 0.1) is 23.4 Å². The summed E-state index contributed by atoms with van der Waals surface area (Å²) >= 11 is 0. The maximum atomic E-state index is 13.0. The molecule has 0 atom stereocenters. The number of nitrogens with one attached hydrogen (secondary N) is 1. The van der Waals surface area contributed by atoms with Gasteiger partial charge in [0.25, 0.3) is 0 Å². The number of anilines is 2. The number of rotatable bonds is 5. The molecule has 1 heterocycles. The minimum atomic E-state index is -4.54. The van der Waals surface area contributed by atoms with Crippen LogP contribution in [0.2, 0.25) is 0 Å². The van der Waals surface area contributed by atoms with Crippen LogP contribution in [-0.4, -0.2) is 30.1 Å². The zero-order chi connectivity index (χ0) is 19.3. The number of carboxylic acids is 1. The van der Waals surface area contributed by atoms with Crippen LogP contribution in [0.15, 0.2) is 30.4 Å². The van der Waals surface area contributed by atoms with Crippen LogP contribution < -0.4 is 10.2 Å². The number of aliphatic carboxylic acids is 1. The van der Waals surface area contributed by atoms with Gasteiger partial charge in [0, 0.05) is 18.7 Å². The van der Waals surface area contributed by atoms with E-state index in [0.29, 0.717) is 18.8 Å². The molecular formula is C18H21F3N2O3. The van der Waals surface area contributed by atoms with Crippen molar-refractivity contribution in [2.45, 2.75) is 38.3 Å². The molecular weight excluding hydrogens is 349 g/mol. The molecule has 1 saturated heterocycles. The summed E-state index contributed by atoms with van der Waals surface area (Å²) in [5.41, 5.74) is -0.659.